The molecular weight excluding hydrogens is 340 g/mol. The van der Waals surface area contributed by atoms with Gasteiger partial charge < -0.3 is 14.6 Å². The Bertz CT molecular complexity index is 608. The van der Waals surface area contributed by atoms with E-state index in [1.165, 1.54) is 0 Å². The number of halogens is 1. The van der Waals surface area contributed by atoms with Gasteiger partial charge in [0, 0.05) is 45.1 Å². The quantitative estimate of drug-likeness (QED) is 0.753. The second-order valence-electron chi connectivity index (χ2n) is 6.73. The van der Waals surface area contributed by atoms with Gasteiger partial charge in [-0.2, -0.15) is 0 Å². The number of nitrogens with zero attached hydrogens (tertiary/aromatic N) is 3. The Balaban J connectivity index is 1.60. The summed E-state index contributed by atoms with van der Waals surface area (Å²) in [5.74, 6) is 1.13. The summed E-state index contributed by atoms with van der Waals surface area (Å²) < 4.78 is 5.62. The van der Waals surface area contributed by atoms with Crippen molar-refractivity contribution in [2.24, 2.45) is 0 Å². The van der Waals surface area contributed by atoms with Crippen LogP contribution in [0.3, 0.4) is 0 Å². The van der Waals surface area contributed by atoms with E-state index in [1.807, 2.05) is 17.1 Å². The van der Waals surface area contributed by atoms with Crippen molar-refractivity contribution in [3.8, 4) is 0 Å². The van der Waals surface area contributed by atoms with E-state index in [2.05, 4.69) is 21.8 Å². The number of aromatic nitrogens is 2. The van der Waals surface area contributed by atoms with Crippen molar-refractivity contribution in [1.29, 1.82) is 0 Å². The fourth-order valence-electron chi connectivity index (χ4n) is 3.31. The van der Waals surface area contributed by atoms with E-state index in [9.17, 15) is 4.79 Å². The Hall–Kier alpha value is -1.37. The number of H-pyrrole nitrogens is 1. The molecule has 1 fully saturated rings. The molecule has 2 aliphatic rings. The number of rotatable bonds is 7. The molecule has 0 saturated carbocycles. The Morgan fingerprint density at radius 2 is 2.24 bits per heavy atom. The molecule has 0 aromatic carbocycles. The summed E-state index contributed by atoms with van der Waals surface area (Å²) in [6, 6.07) is 0.0836. The number of imidazole rings is 1. The predicted molar refractivity (Wildman–Crippen MR) is 97.6 cm³/mol. The second kappa shape index (κ2) is 8.83. The topological polar surface area (TPSA) is 61.5 Å². The van der Waals surface area contributed by atoms with Crippen molar-refractivity contribution in [3.05, 3.63) is 28.8 Å². The van der Waals surface area contributed by atoms with Crippen LogP contribution in [0.2, 0.25) is 5.15 Å². The van der Waals surface area contributed by atoms with E-state index in [0.717, 1.165) is 50.4 Å². The summed E-state index contributed by atoms with van der Waals surface area (Å²) in [6.45, 7) is 6.36. The number of carbonyl (C=O) groups excluding carboxylic acids is 1. The minimum atomic E-state index is 0.0836. The summed E-state index contributed by atoms with van der Waals surface area (Å²) in [4.78, 5) is 24.4. The third-order valence-electron chi connectivity index (χ3n) is 4.84. The first kappa shape index (κ1) is 18.4. The van der Waals surface area contributed by atoms with Gasteiger partial charge in [-0.25, -0.2) is 4.98 Å². The van der Waals surface area contributed by atoms with Crippen molar-refractivity contribution in [3.63, 3.8) is 0 Å². The lowest BCUT2D eigenvalue weighted by Gasteiger charge is -2.35. The summed E-state index contributed by atoms with van der Waals surface area (Å²) in [7, 11) is 0. The van der Waals surface area contributed by atoms with Crippen LogP contribution in [-0.4, -0.2) is 64.6 Å². The molecule has 1 aromatic heterocycles. The largest absolute Gasteiger partial charge is 0.378 e. The molecule has 3 rings (SSSR count). The van der Waals surface area contributed by atoms with Crippen molar-refractivity contribution in [1.82, 2.24) is 19.8 Å². The molecule has 1 aromatic rings. The van der Waals surface area contributed by atoms with Gasteiger partial charge in [0.25, 0.3) is 0 Å². The van der Waals surface area contributed by atoms with Crippen LogP contribution in [0, 0.1) is 0 Å². The highest BCUT2D eigenvalue weighted by molar-refractivity contribution is 6.30. The molecule has 6 nitrogen and oxygen atoms in total. The molecule has 1 amide bonds. The van der Waals surface area contributed by atoms with Gasteiger partial charge in [-0.05, 0) is 6.42 Å². The standard InChI is InChI=1S/C18H27ClN4O2/c1-2-3-6-16-20-15(18(19)21-16)12-23-9-10-25-13-14(23)11-17(24)22-7-4-5-8-22/h4-5,14H,2-3,6-13H2,1H3,(H,20,21)/t14-/m1/s1. The van der Waals surface area contributed by atoms with Crippen LogP contribution in [-0.2, 0) is 22.5 Å². The molecule has 1 saturated heterocycles. The van der Waals surface area contributed by atoms with Gasteiger partial charge >= 0.3 is 0 Å². The van der Waals surface area contributed by atoms with Crippen molar-refractivity contribution in [2.75, 3.05) is 32.8 Å². The molecule has 25 heavy (non-hydrogen) atoms. The number of hydrogen-bond donors (Lipinski definition) is 1. The van der Waals surface area contributed by atoms with Crippen LogP contribution >= 0.6 is 11.6 Å². The fraction of sp³-hybridized carbons (Fsp3) is 0.667. The second-order valence-corrected chi connectivity index (χ2v) is 7.09. The first-order chi connectivity index (χ1) is 12.2. The predicted octanol–water partition coefficient (Wildman–Crippen LogP) is 2.39. The minimum Gasteiger partial charge on any atom is -0.378 e. The van der Waals surface area contributed by atoms with Gasteiger partial charge in [-0.3, -0.25) is 9.69 Å². The number of carbonyl (C=O) groups is 1. The van der Waals surface area contributed by atoms with Gasteiger partial charge in [0.1, 0.15) is 5.82 Å². The lowest BCUT2D eigenvalue weighted by molar-refractivity contribution is -0.133. The van der Waals surface area contributed by atoms with E-state index in [-0.39, 0.29) is 11.9 Å². The molecule has 138 valence electrons. The summed E-state index contributed by atoms with van der Waals surface area (Å²) in [6.07, 6.45) is 7.71. The van der Waals surface area contributed by atoms with E-state index in [0.29, 0.717) is 31.3 Å². The molecule has 0 spiro atoms. The Kier molecular flexibility index (Phi) is 6.51. The van der Waals surface area contributed by atoms with Crippen molar-refractivity contribution in [2.45, 2.75) is 45.2 Å². The normalized spacial score (nSPS) is 21.2. The Morgan fingerprint density at radius 1 is 1.44 bits per heavy atom. The highest BCUT2D eigenvalue weighted by Gasteiger charge is 2.28. The van der Waals surface area contributed by atoms with Crippen LogP contribution in [0.15, 0.2) is 12.2 Å². The fourth-order valence-corrected chi connectivity index (χ4v) is 3.52. The number of hydrogen-bond acceptors (Lipinski definition) is 4. The molecule has 0 bridgehead atoms. The zero-order chi connectivity index (χ0) is 17.6. The summed E-state index contributed by atoms with van der Waals surface area (Å²) in [5, 5.41) is 0.548. The van der Waals surface area contributed by atoms with Gasteiger partial charge in [0.15, 0.2) is 5.15 Å². The number of aromatic amines is 1. The van der Waals surface area contributed by atoms with Gasteiger partial charge in [-0.1, -0.05) is 37.1 Å². The van der Waals surface area contributed by atoms with E-state index >= 15 is 0 Å². The van der Waals surface area contributed by atoms with Crippen molar-refractivity contribution >= 4 is 17.5 Å². The number of amides is 1. The van der Waals surface area contributed by atoms with Crippen LogP contribution in [0.1, 0.15) is 37.7 Å². The van der Waals surface area contributed by atoms with Gasteiger partial charge in [0.05, 0.1) is 18.9 Å². The maximum atomic E-state index is 12.5. The SMILES string of the molecule is CCCCc1nc(Cl)c(CN2CCOC[C@H]2CC(=O)N2CC=CC2)[nH]1. The number of morpholine rings is 1. The summed E-state index contributed by atoms with van der Waals surface area (Å²) >= 11 is 6.32. The Labute approximate surface area is 154 Å². The number of unbranched alkanes of at least 4 members (excludes halogenated alkanes) is 1. The van der Waals surface area contributed by atoms with E-state index in [4.69, 9.17) is 16.3 Å². The molecular formula is C18H27ClN4O2. The first-order valence-electron chi connectivity index (χ1n) is 9.15. The summed E-state index contributed by atoms with van der Waals surface area (Å²) in [5.41, 5.74) is 0.940. The van der Waals surface area contributed by atoms with Gasteiger partial charge in [0.2, 0.25) is 5.91 Å². The molecule has 0 aliphatic carbocycles. The Morgan fingerprint density at radius 3 is 3.00 bits per heavy atom. The molecule has 0 radical (unpaired) electrons. The third kappa shape index (κ3) is 4.84. The molecule has 1 atom stereocenters. The van der Waals surface area contributed by atoms with E-state index in [1.54, 1.807) is 0 Å². The first-order valence-corrected chi connectivity index (χ1v) is 9.53. The lowest BCUT2D eigenvalue weighted by Crippen LogP contribution is -2.47. The molecule has 2 aliphatic heterocycles. The number of aryl methyl sites for hydroxylation is 1. The average Bonchev–Trinajstić information content (AvgIpc) is 3.25. The van der Waals surface area contributed by atoms with Crippen LogP contribution in [0.5, 0.6) is 0 Å². The number of nitrogens with one attached hydrogen (secondary N) is 1. The lowest BCUT2D eigenvalue weighted by atomic mass is 10.1. The van der Waals surface area contributed by atoms with Gasteiger partial charge in [-0.15, -0.1) is 0 Å². The molecule has 7 heteroatoms. The number of ether oxygens (including phenoxy) is 1. The zero-order valence-electron chi connectivity index (χ0n) is 14.8. The minimum absolute atomic E-state index is 0.0836. The average molecular weight is 367 g/mol. The molecule has 0 unspecified atom stereocenters. The smallest absolute Gasteiger partial charge is 0.224 e. The van der Waals surface area contributed by atoms with Crippen LogP contribution in [0.4, 0.5) is 0 Å². The highest BCUT2D eigenvalue weighted by Crippen LogP contribution is 2.21. The zero-order valence-corrected chi connectivity index (χ0v) is 15.6. The van der Waals surface area contributed by atoms with E-state index < -0.39 is 0 Å². The van der Waals surface area contributed by atoms with Crippen LogP contribution < -0.4 is 0 Å². The maximum Gasteiger partial charge on any atom is 0.224 e. The maximum absolute atomic E-state index is 12.5. The molecule has 1 N–H and O–H groups in total. The van der Waals surface area contributed by atoms with Crippen LogP contribution in [0.25, 0.3) is 0 Å². The highest BCUT2D eigenvalue weighted by atomic mass is 35.5. The van der Waals surface area contributed by atoms with Crippen molar-refractivity contribution < 1.29 is 9.53 Å². The third-order valence-corrected chi connectivity index (χ3v) is 5.15. The monoisotopic (exact) mass is 366 g/mol. The molecule has 3 heterocycles.